The second-order valence-electron chi connectivity index (χ2n) is 7.26. The van der Waals surface area contributed by atoms with Gasteiger partial charge < -0.3 is 25.4 Å². The van der Waals surface area contributed by atoms with Gasteiger partial charge in [-0.15, -0.1) is 0 Å². The lowest BCUT2D eigenvalue weighted by atomic mass is 9.92. The molecule has 1 aromatic rings. The van der Waals surface area contributed by atoms with Crippen molar-refractivity contribution in [2.24, 2.45) is 10.4 Å². The van der Waals surface area contributed by atoms with Crippen LogP contribution in [0.5, 0.6) is 11.5 Å². The van der Waals surface area contributed by atoms with E-state index in [-0.39, 0.29) is 5.91 Å². The minimum Gasteiger partial charge on any atom is -0.490 e. The number of nitrogens with zero attached hydrogens (tertiary/aromatic N) is 1. The molecular formula is C22H38N4O3. The summed E-state index contributed by atoms with van der Waals surface area (Å²) in [7, 11) is 0. The van der Waals surface area contributed by atoms with Gasteiger partial charge in [0.05, 0.1) is 25.2 Å². The minimum absolute atomic E-state index is 0.0115. The number of nitrogens with one attached hydrogen (secondary N) is 3. The van der Waals surface area contributed by atoms with Gasteiger partial charge in [-0.3, -0.25) is 9.79 Å². The summed E-state index contributed by atoms with van der Waals surface area (Å²) in [5.41, 5.74) is 0.600. The molecule has 3 N–H and O–H groups in total. The van der Waals surface area contributed by atoms with Crippen LogP contribution in [-0.2, 0) is 11.2 Å². The molecule has 0 aliphatic carbocycles. The van der Waals surface area contributed by atoms with E-state index in [1.807, 2.05) is 53.7 Å². The Bertz CT molecular complexity index is 659. The number of aliphatic imine (C=N–C) groups is 1. The maximum absolute atomic E-state index is 12.2. The summed E-state index contributed by atoms with van der Waals surface area (Å²) in [5, 5.41) is 9.44. The number of carbonyl (C=O) groups is 1. The van der Waals surface area contributed by atoms with Crippen LogP contribution in [0.1, 0.15) is 47.1 Å². The number of rotatable bonds is 12. The van der Waals surface area contributed by atoms with E-state index in [9.17, 15) is 4.79 Å². The lowest BCUT2D eigenvalue weighted by Gasteiger charge is -2.22. The summed E-state index contributed by atoms with van der Waals surface area (Å²) >= 11 is 0. The van der Waals surface area contributed by atoms with Crippen LogP contribution in [0.2, 0.25) is 0 Å². The van der Waals surface area contributed by atoms with Gasteiger partial charge in [0.15, 0.2) is 17.5 Å². The first-order valence-corrected chi connectivity index (χ1v) is 10.6. The Balaban J connectivity index is 2.70. The summed E-state index contributed by atoms with van der Waals surface area (Å²) in [5.74, 6) is 2.27. The highest BCUT2D eigenvalue weighted by Gasteiger charge is 2.26. The molecule has 1 rings (SSSR count). The monoisotopic (exact) mass is 406 g/mol. The van der Waals surface area contributed by atoms with E-state index in [0.29, 0.717) is 38.8 Å². The summed E-state index contributed by atoms with van der Waals surface area (Å²) in [6, 6.07) is 6.04. The topological polar surface area (TPSA) is 84.0 Å². The molecule has 0 unspecified atom stereocenters. The molecule has 7 nitrogen and oxygen atoms in total. The molecule has 0 radical (unpaired) electrons. The SMILES string of the molecule is CCNC(=O)C(C)(C)CN=C(NCC)NCCc1ccc(OCC)c(OCC)c1. The minimum atomic E-state index is -0.556. The molecule has 0 aliphatic heterocycles. The molecule has 1 aromatic carbocycles. The number of hydrogen-bond donors (Lipinski definition) is 3. The molecular weight excluding hydrogens is 368 g/mol. The number of ether oxygens (including phenoxy) is 2. The van der Waals surface area contributed by atoms with Gasteiger partial charge in [0.2, 0.25) is 5.91 Å². The van der Waals surface area contributed by atoms with Gasteiger partial charge in [-0.2, -0.15) is 0 Å². The Hall–Kier alpha value is -2.44. The second kappa shape index (κ2) is 12.9. The normalized spacial score (nSPS) is 11.7. The van der Waals surface area contributed by atoms with Crippen molar-refractivity contribution in [1.82, 2.24) is 16.0 Å². The van der Waals surface area contributed by atoms with E-state index in [1.165, 1.54) is 0 Å². The zero-order chi connectivity index (χ0) is 21.7. The molecule has 0 atom stereocenters. The molecule has 164 valence electrons. The molecule has 0 fully saturated rings. The Morgan fingerprint density at radius 3 is 2.24 bits per heavy atom. The summed E-state index contributed by atoms with van der Waals surface area (Å²) in [6.07, 6.45) is 0.816. The van der Waals surface area contributed by atoms with Crippen molar-refractivity contribution in [3.63, 3.8) is 0 Å². The van der Waals surface area contributed by atoms with Crippen LogP contribution in [0, 0.1) is 5.41 Å². The third-order valence-corrected chi connectivity index (χ3v) is 4.24. The van der Waals surface area contributed by atoms with Crippen LogP contribution in [0.4, 0.5) is 0 Å². The highest BCUT2D eigenvalue weighted by molar-refractivity contribution is 5.83. The number of hydrogen-bond acceptors (Lipinski definition) is 4. The number of guanidine groups is 1. The summed E-state index contributed by atoms with van der Waals surface area (Å²) in [6.45, 7) is 15.4. The maximum atomic E-state index is 12.2. The average Bonchev–Trinajstić information content (AvgIpc) is 2.68. The number of carbonyl (C=O) groups excluding carboxylic acids is 1. The zero-order valence-corrected chi connectivity index (χ0v) is 18.9. The Kier molecular flexibility index (Phi) is 10.9. The van der Waals surface area contributed by atoms with Crippen molar-refractivity contribution < 1.29 is 14.3 Å². The average molecular weight is 407 g/mol. The lowest BCUT2D eigenvalue weighted by molar-refractivity contribution is -0.128. The van der Waals surface area contributed by atoms with E-state index in [4.69, 9.17) is 9.47 Å². The fourth-order valence-corrected chi connectivity index (χ4v) is 2.67. The molecule has 29 heavy (non-hydrogen) atoms. The van der Waals surface area contributed by atoms with Crippen molar-refractivity contribution in [1.29, 1.82) is 0 Å². The van der Waals surface area contributed by atoms with E-state index in [2.05, 4.69) is 27.0 Å². The summed E-state index contributed by atoms with van der Waals surface area (Å²) < 4.78 is 11.3. The highest BCUT2D eigenvalue weighted by atomic mass is 16.5. The molecule has 0 saturated carbocycles. The van der Waals surface area contributed by atoms with E-state index in [0.717, 1.165) is 30.0 Å². The van der Waals surface area contributed by atoms with Crippen LogP contribution in [0.25, 0.3) is 0 Å². The largest absolute Gasteiger partial charge is 0.490 e. The van der Waals surface area contributed by atoms with Crippen LogP contribution < -0.4 is 25.4 Å². The standard InChI is InChI=1S/C22H38N4O3/c1-7-23-20(27)22(5,6)16-26-21(24-8-2)25-14-13-17-11-12-18(28-9-3)19(15-17)29-10-4/h11-12,15H,7-10,13-14,16H2,1-6H3,(H,23,27)(H2,24,25,26). The van der Waals surface area contributed by atoms with Crippen LogP contribution >= 0.6 is 0 Å². The third-order valence-electron chi connectivity index (χ3n) is 4.24. The van der Waals surface area contributed by atoms with Crippen LogP contribution in [0.15, 0.2) is 23.2 Å². The molecule has 0 aliphatic rings. The molecule has 0 aromatic heterocycles. The second-order valence-corrected chi connectivity index (χ2v) is 7.26. The van der Waals surface area contributed by atoms with Crippen molar-refractivity contribution >= 4 is 11.9 Å². The van der Waals surface area contributed by atoms with Gasteiger partial charge >= 0.3 is 0 Å². The highest BCUT2D eigenvalue weighted by Crippen LogP contribution is 2.28. The van der Waals surface area contributed by atoms with Crippen LogP contribution in [0.3, 0.4) is 0 Å². The van der Waals surface area contributed by atoms with Crippen molar-refractivity contribution in [2.45, 2.75) is 48.0 Å². The van der Waals surface area contributed by atoms with Gasteiger partial charge in [-0.05, 0) is 65.7 Å². The van der Waals surface area contributed by atoms with E-state index >= 15 is 0 Å². The predicted molar refractivity (Wildman–Crippen MR) is 119 cm³/mol. The number of benzene rings is 1. The van der Waals surface area contributed by atoms with Crippen LogP contribution in [-0.4, -0.2) is 51.3 Å². The zero-order valence-electron chi connectivity index (χ0n) is 18.9. The van der Waals surface area contributed by atoms with Crippen molar-refractivity contribution in [3.05, 3.63) is 23.8 Å². The third kappa shape index (κ3) is 8.62. The van der Waals surface area contributed by atoms with E-state index in [1.54, 1.807) is 0 Å². The Morgan fingerprint density at radius 1 is 0.966 bits per heavy atom. The molecule has 0 saturated heterocycles. The van der Waals surface area contributed by atoms with Gasteiger partial charge in [-0.25, -0.2) is 0 Å². The van der Waals surface area contributed by atoms with Crippen molar-refractivity contribution in [3.8, 4) is 11.5 Å². The first-order chi connectivity index (χ1) is 13.9. The quantitative estimate of drug-likeness (QED) is 0.367. The first-order valence-electron chi connectivity index (χ1n) is 10.6. The molecule has 1 amide bonds. The van der Waals surface area contributed by atoms with E-state index < -0.39 is 5.41 Å². The fourth-order valence-electron chi connectivity index (χ4n) is 2.67. The lowest BCUT2D eigenvalue weighted by Crippen LogP contribution is -2.42. The van der Waals surface area contributed by atoms with Crippen molar-refractivity contribution in [2.75, 3.05) is 39.4 Å². The van der Waals surface area contributed by atoms with Gasteiger partial charge in [0.25, 0.3) is 0 Å². The predicted octanol–water partition coefficient (Wildman–Crippen LogP) is 2.74. The van der Waals surface area contributed by atoms with Gasteiger partial charge in [0.1, 0.15) is 0 Å². The molecule has 0 bridgehead atoms. The Morgan fingerprint density at radius 2 is 1.62 bits per heavy atom. The first kappa shape index (κ1) is 24.6. The molecule has 0 spiro atoms. The Labute approximate surface area is 175 Å². The van der Waals surface area contributed by atoms with Gasteiger partial charge in [-0.1, -0.05) is 6.07 Å². The maximum Gasteiger partial charge on any atom is 0.227 e. The van der Waals surface area contributed by atoms with Gasteiger partial charge in [0, 0.05) is 19.6 Å². The number of amides is 1. The fraction of sp³-hybridized carbons (Fsp3) is 0.636. The molecule has 7 heteroatoms. The summed E-state index contributed by atoms with van der Waals surface area (Å²) in [4.78, 5) is 16.7. The molecule has 0 heterocycles. The smallest absolute Gasteiger partial charge is 0.227 e.